The van der Waals surface area contributed by atoms with Gasteiger partial charge in [0, 0.05) is 28.9 Å². The SMILES string of the molecule is CCc1ccc(-n2cc(-c3ccc4[nH]cc(NC(=O)C(=O)NCC(F)F)c4c3)cn2)cc1. The minimum atomic E-state index is -2.73. The molecule has 4 aromatic rings. The molecule has 0 aliphatic rings. The zero-order chi connectivity index (χ0) is 22.7. The van der Waals surface area contributed by atoms with E-state index in [2.05, 4.69) is 34.5 Å². The molecule has 0 aliphatic carbocycles. The highest BCUT2D eigenvalue weighted by Crippen LogP contribution is 2.29. The largest absolute Gasteiger partial charge is 0.359 e. The number of alkyl halides is 2. The first-order valence-corrected chi connectivity index (χ1v) is 10.1. The molecule has 3 N–H and O–H groups in total. The van der Waals surface area contributed by atoms with Gasteiger partial charge in [0.1, 0.15) is 0 Å². The second-order valence-electron chi connectivity index (χ2n) is 7.21. The van der Waals surface area contributed by atoms with Gasteiger partial charge >= 0.3 is 11.8 Å². The molecule has 0 fully saturated rings. The number of halogens is 2. The summed E-state index contributed by atoms with van der Waals surface area (Å²) >= 11 is 0. The number of hydrogen-bond acceptors (Lipinski definition) is 3. The van der Waals surface area contributed by atoms with Gasteiger partial charge in [-0.1, -0.05) is 25.1 Å². The summed E-state index contributed by atoms with van der Waals surface area (Å²) in [5.74, 6) is -2.13. The summed E-state index contributed by atoms with van der Waals surface area (Å²) in [5.41, 5.74) is 5.06. The summed E-state index contributed by atoms with van der Waals surface area (Å²) in [6.45, 7) is 1.22. The van der Waals surface area contributed by atoms with Crippen LogP contribution in [-0.2, 0) is 16.0 Å². The van der Waals surface area contributed by atoms with Gasteiger partial charge in [-0.15, -0.1) is 0 Å². The molecule has 0 atom stereocenters. The number of nitrogens with one attached hydrogen (secondary N) is 3. The number of rotatable bonds is 6. The molecule has 2 aromatic carbocycles. The van der Waals surface area contributed by atoms with Crippen LogP contribution in [0.15, 0.2) is 61.1 Å². The highest BCUT2D eigenvalue weighted by atomic mass is 19.3. The van der Waals surface area contributed by atoms with Gasteiger partial charge in [-0.2, -0.15) is 5.10 Å². The predicted molar refractivity (Wildman–Crippen MR) is 118 cm³/mol. The zero-order valence-electron chi connectivity index (χ0n) is 17.2. The smallest absolute Gasteiger partial charge is 0.313 e. The zero-order valence-corrected chi connectivity index (χ0v) is 17.2. The Kier molecular flexibility index (Phi) is 5.98. The van der Waals surface area contributed by atoms with Crippen LogP contribution in [-0.4, -0.2) is 39.5 Å². The molecule has 0 saturated carbocycles. The summed E-state index contributed by atoms with van der Waals surface area (Å²) in [4.78, 5) is 26.7. The third kappa shape index (κ3) is 4.51. The standard InChI is InChI=1S/C23H21F2N5O2/c1-2-14-3-6-17(7-4-14)30-13-16(10-28-30)15-5-8-19-18(9-15)20(11-26-19)29-23(32)22(31)27-12-21(24)25/h3-11,13,21,26H,2,12H2,1H3,(H,27,31)(H,29,32). The summed E-state index contributed by atoms with van der Waals surface area (Å²) in [5, 5.41) is 9.46. The third-order valence-electron chi connectivity index (χ3n) is 5.08. The first-order valence-electron chi connectivity index (χ1n) is 10.1. The molecule has 9 heteroatoms. The van der Waals surface area contributed by atoms with Crippen molar-refractivity contribution in [3.8, 4) is 16.8 Å². The van der Waals surface area contributed by atoms with Gasteiger partial charge in [0.15, 0.2) is 0 Å². The average molecular weight is 437 g/mol. The fraction of sp³-hybridized carbons (Fsp3) is 0.174. The number of carbonyl (C=O) groups is 2. The van der Waals surface area contributed by atoms with E-state index in [1.165, 1.54) is 5.56 Å². The number of H-pyrrole nitrogens is 1. The first-order chi connectivity index (χ1) is 15.4. The van der Waals surface area contributed by atoms with Crippen molar-refractivity contribution in [2.75, 3.05) is 11.9 Å². The number of fused-ring (bicyclic) bond motifs is 1. The van der Waals surface area contributed by atoms with Crippen molar-refractivity contribution in [1.82, 2.24) is 20.1 Å². The lowest BCUT2D eigenvalue weighted by atomic mass is 10.1. The average Bonchev–Trinajstić information content (AvgIpc) is 3.45. The topological polar surface area (TPSA) is 91.8 Å². The predicted octanol–water partition coefficient (Wildman–Crippen LogP) is 3.90. The second kappa shape index (κ2) is 9.01. The molecule has 0 bridgehead atoms. The number of aromatic nitrogens is 3. The van der Waals surface area contributed by atoms with Gasteiger partial charge < -0.3 is 15.6 Å². The number of benzene rings is 2. The van der Waals surface area contributed by atoms with Gasteiger partial charge in [-0.3, -0.25) is 9.59 Å². The second-order valence-corrected chi connectivity index (χ2v) is 7.21. The molecule has 2 aromatic heterocycles. The molecule has 0 radical (unpaired) electrons. The van der Waals surface area contributed by atoms with Crippen molar-refractivity contribution in [3.63, 3.8) is 0 Å². The van der Waals surface area contributed by atoms with E-state index < -0.39 is 24.8 Å². The lowest BCUT2D eigenvalue weighted by Crippen LogP contribution is -2.37. The summed E-state index contributed by atoms with van der Waals surface area (Å²) in [6.07, 6.45) is 3.44. The number of anilines is 1. The van der Waals surface area contributed by atoms with Crippen molar-refractivity contribution in [2.45, 2.75) is 19.8 Å². The molecule has 0 saturated heterocycles. The van der Waals surface area contributed by atoms with Crippen LogP contribution in [0.2, 0.25) is 0 Å². The number of nitrogens with zero attached hydrogens (tertiary/aromatic N) is 2. The van der Waals surface area contributed by atoms with E-state index in [0.717, 1.165) is 28.8 Å². The molecular formula is C23H21F2N5O2. The van der Waals surface area contributed by atoms with Crippen molar-refractivity contribution in [2.24, 2.45) is 0 Å². The van der Waals surface area contributed by atoms with Crippen LogP contribution < -0.4 is 10.6 Å². The van der Waals surface area contributed by atoms with E-state index in [0.29, 0.717) is 11.1 Å². The Morgan fingerprint density at radius 1 is 1.09 bits per heavy atom. The minimum absolute atomic E-state index is 0.376. The monoisotopic (exact) mass is 437 g/mol. The quantitative estimate of drug-likeness (QED) is 0.400. The number of carbonyl (C=O) groups excluding carboxylic acids is 2. The van der Waals surface area contributed by atoms with Crippen molar-refractivity contribution < 1.29 is 18.4 Å². The lowest BCUT2D eigenvalue weighted by molar-refractivity contribution is -0.136. The summed E-state index contributed by atoms with van der Waals surface area (Å²) < 4.78 is 26.3. The van der Waals surface area contributed by atoms with E-state index >= 15 is 0 Å². The number of aryl methyl sites for hydroxylation is 1. The van der Waals surface area contributed by atoms with Crippen LogP contribution in [0.25, 0.3) is 27.7 Å². The number of hydrogen-bond donors (Lipinski definition) is 3. The maximum atomic E-state index is 12.2. The maximum absolute atomic E-state index is 12.2. The Morgan fingerprint density at radius 3 is 2.59 bits per heavy atom. The molecule has 0 spiro atoms. The fourth-order valence-electron chi connectivity index (χ4n) is 3.33. The van der Waals surface area contributed by atoms with E-state index in [9.17, 15) is 18.4 Å². The molecule has 164 valence electrons. The maximum Gasteiger partial charge on any atom is 0.313 e. The highest BCUT2D eigenvalue weighted by Gasteiger charge is 2.17. The summed E-state index contributed by atoms with van der Waals surface area (Å²) in [6, 6.07) is 13.8. The van der Waals surface area contributed by atoms with Gasteiger partial charge in [-0.25, -0.2) is 13.5 Å². The molecule has 2 amide bonds. The molecule has 4 rings (SSSR count). The third-order valence-corrected chi connectivity index (χ3v) is 5.08. The van der Waals surface area contributed by atoms with Gasteiger partial charge in [0.2, 0.25) is 0 Å². The van der Waals surface area contributed by atoms with Gasteiger partial charge in [0.05, 0.1) is 24.1 Å². The van der Waals surface area contributed by atoms with Crippen LogP contribution >= 0.6 is 0 Å². The van der Waals surface area contributed by atoms with E-state index in [1.807, 2.05) is 41.8 Å². The Labute approximate surface area is 182 Å². The summed E-state index contributed by atoms with van der Waals surface area (Å²) in [7, 11) is 0. The molecule has 0 aliphatic heterocycles. The molecule has 2 heterocycles. The first kappa shape index (κ1) is 21.2. The van der Waals surface area contributed by atoms with Gasteiger partial charge in [-0.05, 0) is 41.8 Å². The number of aromatic amines is 1. The van der Waals surface area contributed by atoms with Crippen molar-refractivity contribution >= 4 is 28.4 Å². The Hall–Kier alpha value is -4.01. The van der Waals surface area contributed by atoms with Crippen LogP contribution in [0.3, 0.4) is 0 Å². The lowest BCUT2D eigenvalue weighted by Gasteiger charge is -2.06. The van der Waals surface area contributed by atoms with Crippen LogP contribution in [0.1, 0.15) is 12.5 Å². The van der Waals surface area contributed by atoms with E-state index in [-0.39, 0.29) is 0 Å². The Bertz CT molecular complexity index is 1260. The molecule has 7 nitrogen and oxygen atoms in total. The van der Waals surface area contributed by atoms with Crippen molar-refractivity contribution in [3.05, 3.63) is 66.6 Å². The minimum Gasteiger partial charge on any atom is -0.359 e. The number of amides is 2. The van der Waals surface area contributed by atoms with Crippen LogP contribution in [0.5, 0.6) is 0 Å². The fourth-order valence-corrected chi connectivity index (χ4v) is 3.33. The van der Waals surface area contributed by atoms with Crippen molar-refractivity contribution in [1.29, 1.82) is 0 Å². The van der Waals surface area contributed by atoms with E-state index in [1.54, 1.807) is 17.1 Å². The van der Waals surface area contributed by atoms with Crippen LogP contribution in [0, 0.1) is 0 Å². The molecule has 0 unspecified atom stereocenters. The highest BCUT2D eigenvalue weighted by molar-refractivity contribution is 6.40. The Balaban J connectivity index is 1.55. The molecule has 32 heavy (non-hydrogen) atoms. The van der Waals surface area contributed by atoms with E-state index in [4.69, 9.17) is 0 Å². The molecular weight excluding hydrogens is 416 g/mol. The normalized spacial score (nSPS) is 11.1. The van der Waals surface area contributed by atoms with Gasteiger partial charge in [0.25, 0.3) is 6.43 Å². The van der Waals surface area contributed by atoms with Crippen LogP contribution in [0.4, 0.5) is 14.5 Å². The Morgan fingerprint density at radius 2 is 1.88 bits per heavy atom.